The zero-order valence-electron chi connectivity index (χ0n) is 9.67. The van der Waals surface area contributed by atoms with E-state index in [2.05, 4.69) is 18.1 Å². The van der Waals surface area contributed by atoms with Crippen LogP contribution in [0.5, 0.6) is 0 Å². The highest BCUT2D eigenvalue weighted by Crippen LogP contribution is 1.99. The quantitative estimate of drug-likeness (QED) is 0.425. The fourth-order valence-electron chi connectivity index (χ4n) is 1.37. The molecule has 0 saturated carbocycles. The molecule has 0 atom stereocenters. The van der Waals surface area contributed by atoms with Crippen LogP contribution in [0, 0.1) is 0 Å². The first kappa shape index (κ1) is 13.6. The maximum atomic E-state index is 5.41. The van der Waals surface area contributed by atoms with E-state index in [-0.39, 0.29) is 0 Å². The van der Waals surface area contributed by atoms with Crippen molar-refractivity contribution >= 4 is 6.21 Å². The Bertz CT molecular complexity index is 121. The number of nitrogens with two attached hydrogens (primary N) is 1. The van der Waals surface area contributed by atoms with E-state index in [0.717, 1.165) is 19.5 Å². The summed E-state index contributed by atoms with van der Waals surface area (Å²) in [6, 6.07) is 0. The molecule has 0 aromatic rings. The molecule has 0 radical (unpaired) electrons. The number of rotatable bonds is 10. The van der Waals surface area contributed by atoms with Crippen molar-refractivity contribution in [1.82, 2.24) is 0 Å². The molecule has 0 fully saturated rings. The van der Waals surface area contributed by atoms with Crippen LogP contribution in [0.25, 0.3) is 0 Å². The highest BCUT2D eigenvalue weighted by atomic mass is 14.7. The first-order valence-corrected chi connectivity index (χ1v) is 6.10. The summed E-state index contributed by atoms with van der Waals surface area (Å²) in [4.78, 5) is 4.38. The Labute approximate surface area is 89.0 Å². The molecule has 84 valence electrons. The summed E-state index contributed by atoms with van der Waals surface area (Å²) in [5.74, 6) is 0. The maximum Gasteiger partial charge on any atom is 0.0385 e. The molecule has 0 bridgehead atoms. The first-order valence-electron chi connectivity index (χ1n) is 6.10. The molecule has 0 aliphatic heterocycles. The van der Waals surface area contributed by atoms with Crippen LogP contribution in [-0.2, 0) is 0 Å². The molecule has 0 rings (SSSR count). The van der Waals surface area contributed by atoms with Gasteiger partial charge in [-0.25, -0.2) is 0 Å². The predicted molar refractivity (Wildman–Crippen MR) is 65.0 cm³/mol. The third kappa shape index (κ3) is 11.6. The molecule has 0 spiro atoms. The van der Waals surface area contributed by atoms with Crippen molar-refractivity contribution in [2.45, 2.75) is 58.3 Å². The zero-order chi connectivity index (χ0) is 10.5. The van der Waals surface area contributed by atoms with Crippen molar-refractivity contribution in [3.63, 3.8) is 0 Å². The summed E-state index contributed by atoms with van der Waals surface area (Å²) in [5, 5.41) is 0. The molecular weight excluding hydrogens is 172 g/mol. The Kier molecular flexibility index (Phi) is 12.3. The number of nitrogens with zero attached hydrogens (tertiary/aromatic N) is 1. The Morgan fingerprint density at radius 1 is 1.00 bits per heavy atom. The molecule has 0 aromatic heterocycles. The summed E-state index contributed by atoms with van der Waals surface area (Å²) in [6.07, 6.45) is 12.1. The molecule has 0 aromatic carbocycles. The van der Waals surface area contributed by atoms with Crippen molar-refractivity contribution in [1.29, 1.82) is 0 Å². The lowest BCUT2D eigenvalue weighted by Crippen LogP contribution is -1.97. The predicted octanol–water partition coefficient (Wildman–Crippen LogP) is 3.16. The SMILES string of the molecule is CCCCCC=NCCCCCCN. The smallest absolute Gasteiger partial charge is 0.0385 e. The summed E-state index contributed by atoms with van der Waals surface area (Å²) in [7, 11) is 0. The Morgan fingerprint density at radius 2 is 1.79 bits per heavy atom. The topological polar surface area (TPSA) is 38.4 Å². The first-order chi connectivity index (χ1) is 6.91. The van der Waals surface area contributed by atoms with E-state index in [9.17, 15) is 0 Å². The Balaban J connectivity index is 2.96. The lowest BCUT2D eigenvalue weighted by atomic mass is 10.2. The minimum atomic E-state index is 0.834. The summed E-state index contributed by atoms with van der Waals surface area (Å²) >= 11 is 0. The van der Waals surface area contributed by atoms with Crippen molar-refractivity contribution in [2.75, 3.05) is 13.1 Å². The van der Waals surface area contributed by atoms with E-state index in [0.29, 0.717) is 0 Å². The Morgan fingerprint density at radius 3 is 2.50 bits per heavy atom. The van der Waals surface area contributed by atoms with Gasteiger partial charge in [0.15, 0.2) is 0 Å². The number of unbranched alkanes of at least 4 members (excludes halogenated alkanes) is 6. The summed E-state index contributed by atoms with van der Waals surface area (Å²) in [6.45, 7) is 4.07. The second kappa shape index (κ2) is 12.6. The average Bonchev–Trinajstić information content (AvgIpc) is 2.21. The van der Waals surface area contributed by atoms with Gasteiger partial charge in [-0.15, -0.1) is 0 Å². The van der Waals surface area contributed by atoms with Crippen LogP contribution in [0.2, 0.25) is 0 Å². The molecule has 0 saturated heterocycles. The van der Waals surface area contributed by atoms with Crippen molar-refractivity contribution in [2.24, 2.45) is 10.7 Å². The van der Waals surface area contributed by atoms with E-state index in [1.54, 1.807) is 0 Å². The van der Waals surface area contributed by atoms with Crippen LogP contribution in [0.4, 0.5) is 0 Å². The summed E-state index contributed by atoms with van der Waals surface area (Å²) in [5.41, 5.74) is 5.41. The molecular formula is C12H26N2. The van der Waals surface area contributed by atoms with Gasteiger partial charge in [0.05, 0.1) is 0 Å². The van der Waals surface area contributed by atoms with Gasteiger partial charge in [0, 0.05) is 6.54 Å². The van der Waals surface area contributed by atoms with Crippen LogP contribution in [0.3, 0.4) is 0 Å². The van der Waals surface area contributed by atoms with Gasteiger partial charge in [-0.2, -0.15) is 0 Å². The van der Waals surface area contributed by atoms with Crippen LogP contribution >= 0.6 is 0 Å². The molecule has 0 aliphatic carbocycles. The third-order valence-corrected chi connectivity index (χ3v) is 2.31. The van der Waals surface area contributed by atoms with Gasteiger partial charge in [-0.1, -0.05) is 32.6 Å². The van der Waals surface area contributed by atoms with E-state index < -0.39 is 0 Å². The van der Waals surface area contributed by atoms with Crippen LogP contribution in [0.15, 0.2) is 4.99 Å². The highest BCUT2D eigenvalue weighted by Gasteiger charge is 1.87. The molecule has 14 heavy (non-hydrogen) atoms. The van der Waals surface area contributed by atoms with Crippen molar-refractivity contribution in [3.8, 4) is 0 Å². The molecule has 2 heteroatoms. The third-order valence-electron chi connectivity index (χ3n) is 2.31. The zero-order valence-corrected chi connectivity index (χ0v) is 9.67. The lowest BCUT2D eigenvalue weighted by Gasteiger charge is -1.96. The fourth-order valence-corrected chi connectivity index (χ4v) is 1.37. The standard InChI is InChI=1S/C12H26N2/c1-2-3-4-8-11-14-12-9-6-5-7-10-13/h11H,2-10,12-13H2,1H3. The second-order valence-corrected chi connectivity index (χ2v) is 3.79. The molecule has 0 heterocycles. The van der Waals surface area contributed by atoms with Gasteiger partial charge >= 0.3 is 0 Å². The van der Waals surface area contributed by atoms with Gasteiger partial charge in [-0.3, -0.25) is 4.99 Å². The fraction of sp³-hybridized carbons (Fsp3) is 0.917. The van der Waals surface area contributed by atoms with Crippen LogP contribution < -0.4 is 5.73 Å². The van der Waals surface area contributed by atoms with E-state index in [4.69, 9.17) is 5.73 Å². The van der Waals surface area contributed by atoms with Gasteiger partial charge in [0.2, 0.25) is 0 Å². The molecule has 0 amide bonds. The molecule has 2 nitrogen and oxygen atoms in total. The second-order valence-electron chi connectivity index (χ2n) is 3.79. The van der Waals surface area contributed by atoms with E-state index in [1.807, 2.05) is 0 Å². The van der Waals surface area contributed by atoms with Crippen LogP contribution in [-0.4, -0.2) is 19.3 Å². The number of hydrogen-bond acceptors (Lipinski definition) is 2. The Hall–Kier alpha value is -0.370. The minimum Gasteiger partial charge on any atom is -0.330 e. The molecule has 2 N–H and O–H groups in total. The number of hydrogen-bond donors (Lipinski definition) is 1. The average molecular weight is 198 g/mol. The highest BCUT2D eigenvalue weighted by molar-refractivity contribution is 5.56. The van der Waals surface area contributed by atoms with Crippen molar-refractivity contribution < 1.29 is 0 Å². The van der Waals surface area contributed by atoms with E-state index >= 15 is 0 Å². The van der Waals surface area contributed by atoms with Gasteiger partial charge in [0.25, 0.3) is 0 Å². The largest absolute Gasteiger partial charge is 0.330 e. The maximum absolute atomic E-state index is 5.41. The van der Waals surface area contributed by atoms with Crippen molar-refractivity contribution in [3.05, 3.63) is 0 Å². The molecule has 0 unspecified atom stereocenters. The normalized spacial score (nSPS) is 11.3. The monoisotopic (exact) mass is 198 g/mol. The minimum absolute atomic E-state index is 0.834. The van der Waals surface area contributed by atoms with Crippen LogP contribution in [0.1, 0.15) is 58.3 Å². The van der Waals surface area contributed by atoms with E-state index in [1.165, 1.54) is 44.9 Å². The van der Waals surface area contributed by atoms with Gasteiger partial charge in [0.1, 0.15) is 0 Å². The van der Waals surface area contributed by atoms with Gasteiger partial charge < -0.3 is 5.73 Å². The summed E-state index contributed by atoms with van der Waals surface area (Å²) < 4.78 is 0. The lowest BCUT2D eigenvalue weighted by molar-refractivity contribution is 0.653. The van der Waals surface area contributed by atoms with Gasteiger partial charge in [-0.05, 0) is 38.4 Å². The molecule has 0 aliphatic rings. The number of aliphatic imine (C=N–C) groups is 1.